The number of benzene rings is 2. The number of para-hydroxylation sites is 1. The molecule has 3 rings (SSSR count). The Morgan fingerprint density at radius 2 is 1.73 bits per heavy atom. The number of phenolic OH excluding ortho intramolecular Hbond substituents is 1. The first-order valence-electron chi connectivity index (χ1n) is 12.8. The van der Waals surface area contributed by atoms with Crippen molar-refractivity contribution in [3.63, 3.8) is 0 Å². The highest BCUT2D eigenvalue weighted by molar-refractivity contribution is 5.99. The number of anilines is 1. The van der Waals surface area contributed by atoms with Gasteiger partial charge in [0.2, 0.25) is 5.91 Å². The highest BCUT2D eigenvalue weighted by atomic mass is 16.6. The molecule has 2 unspecified atom stereocenters. The zero-order valence-corrected chi connectivity index (χ0v) is 22.6. The van der Waals surface area contributed by atoms with Crippen molar-refractivity contribution in [3.05, 3.63) is 59.7 Å². The van der Waals surface area contributed by atoms with Crippen molar-refractivity contribution >= 4 is 23.6 Å². The summed E-state index contributed by atoms with van der Waals surface area (Å²) in [5.41, 5.74) is 1.30. The second-order valence-corrected chi connectivity index (χ2v) is 11.0. The van der Waals surface area contributed by atoms with Crippen LogP contribution in [0.1, 0.15) is 71.0 Å². The SMILES string of the molecule is Cc1ccccc1NC(=O)C(c1cccc(O)c1)N(C(=O)C(NC(=O)OC(C)(C)C)C(C)C)C1CCC1. The molecule has 1 aliphatic rings. The number of hydrogen-bond acceptors (Lipinski definition) is 5. The molecule has 8 heteroatoms. The second kappa shape index (κ2) is 11.7. The van der Waals surface area contributed by atoms with Gasteiger partial charge in [0.15, 0.2) is 0 Å². The van der Waals surface area contributed by atoms with Crippen molar-refractivity contribution in [2.24, 2.45) is 5.92 Å². The molecular weight excluding hydrogens is 470 g/mol. The third kappa shape index (κ3) is 7.24. The Balaban J connectivity index is 2.02. The Morgan fingerprint density at radius 1 is 1.05 bits per heavy atom. The van der Waals surface area contributed by atoms with E-state index in [9.17, 15) is 19.5 Å². The van der Waals surface area contributed by atoms with Gasteiger partial charge in [-0.15, -0.1) is 0 Å². The summed E-state index contributed by atoms with van der Waals surface area (Å²) in [7, 11) is 0. The van der Waals surface area contributed by atoms with Gasteiger partial charge in [-0.3, -0.25) is 9.59 Å². The van der Waals surface area contributed by atoms with Crippen LogP contribution in [0.25, 0.3) is 0 Å². The number of phenols is 1. The van der Waals surface area contributed by atoms with Crippen LogP contribution in [0.2, 0.25) is 0 Å². The average Bonchev–Trinajstić information content (AvgIpc) is 2.75. The minimum atomic E-state index is -1.01. The number of rotatable bonds is 8. The lowest BCUT2D eigenvalue weighted by Crippen LogP contribution is -2.58. The number of carbonyl (C=O) groups excluding carboxylic acids is 3. The van der Waals surface area contributed by atoms with Gasteiger partial charge in [0, 0.05) is 11.7 Å². The monoisotopic (exact) mass is 509 g/mol. The van der Waals surface area contributed by atoms with Gasteiger partial charge >= 0.3 is 6.09 Å². The molecule has 2 aromatic rings. The fraction of sp³-hybridized carbons (Fsp3) is 0.483. The van der Waals surface area contributed by atoms with E-state index >= 15 is 0 Å². The third-order valence-corrected chi connectivity index (χ3v) is 6.44. The Morgan fingerprint density at radius 3 is 2.27 bits per heavy atom. The van der Waals surface area contributed by atoms with Crippen molar-refractivity contribution in [3.8, 4) is 5.75 Å². The molecule has 2 atom stereocenters. The van der Waals surface area contributed by atoms with Gasteiger partial charge in [0.05, 0.1) is 0 Å². The third-order valence-electron chi connectivity index (χ3n) is 6.44. The molecule has 1 aliphatic carbocycles. The maximum absolute atomic E-state index is 14.2. The highest BCUT2D eigenvalue weighted by Crippen LogP contribution is 2.36. The smallest absolute Gasteiger partial charge is 0.408 e. The first-order chi connectivity index (χ1) is 17.4. The summed E-state index contributed by atoms with van der Waals surface area (Å²) in [4.78, 5) is 42.3. The molecule has 0 bridgehead atoms. The summed E-state index contributed by atoms with van der Waals surface area (Å²) >= 11 is 0. The molecule has 0 aromatic heterocycles. The Bertz CT molecular complexity index is 1120. The summed E-state index contributed by atoms with van der Waals surface area (Å²) in [5, 5.41) is 15.9. The van der Waals surface area contributed by atoms with Crippen molar-refractivity contribution in [2.45, 2.75) is 84.5 Å². The van der Waals surface area contributed by atoms with Crippen LogP contribution in [0, 0.1) is 12.8 Å². The van der Waals surface area contributed by atoms with Crippen LogP contribution in [0.5, 0.6) is 5.75 Å². The predicted octanol–water partition coefficient (Wildman–Crippen LogP) is 5.31. The maximum Gasteiger partial charge on any atom is 0.408 e. The number of amides is 3. The van der Waals surface area contributed by atoms with E-state index in [-0.39, 0.29) is 29.5 Å². The normalized spacial score (nSPS) is 15.3. The van der Waals surface area contributed by atoms with E-state index in [2.05, 4.69) is 10.6 Å². The number of aryl methyl sites for hydroxylation is 1. The molecule has 0 heterocycles. The first-order valence-corrected chi connectivity index (χ1v) is 12.8. The van der Waals surface area contributed by atoms with Gasteiger partial charge in [-0.05, 0) is 82.2 Å². The van der Waals surface area contributed by atoms with E-state index in [1.807, 2.05) is 45.0 Å². The van der Waals surface area contributed by atoms with Crippen molar-refractivity contribution in [1.82, 2.24) is 10.2 Å². The van der Waals surface area contributed by atoms with E-state index in [0.717, 1.165) is 24.8 Å². The number of hydrogen-bond donors (Lipinski definition) is 3. The lowest BCUT2D eigenvalue weighted by molar-refractivity contribution is -0.146. The van der Waals surface area contributed by atoms with Crippen molar-refractivity contribution in [2.75, 3.05) is 5.32 Å². The molecule has 0 spiro atoms. The molecule has 2 aromatic carbocycles. The molecule has 1 saturated carbocycles. The van der Waals surface area contributed by atoms with E-state index < -0.39 is 23.8 Å². The number of ether oxygens (including phenoxy) is 1. The minimum Gasteiger partial charge on any atom is -0.508 e. The Kier molecular flexibility index (Phi) is 8.84. The van der Waals surface area contributed by atoms with E-state index in [1.165, 1.54) is 12.1 Å². The van der Waals surface area contributed by atoms with Crippen LogP contribution in [0.4, 0.5) is 10.5 Å². The molecule has 3 N–H and O–H groups in total. The molecule has 0 saturated heterocycles. The van der Waals surface area contributed by atoms with Crippen LogP contribution >= 0.6 is 0 Å². The molecule has 0 aliphatic heterocycles. The largest absolute Gasteiger partial charge is 0.508 e. The molecule has 8 nitrogen and oxygen atoms in total. The number of nitrogens with zero attached hydrogens (tertiary/aromatic N) is 1. The molecule has 1 fully saturated rings. The lowest BCUT2D eigenvalue weighted by Gasteiger charge is -2.44. The van der Waals surface area contributed by atoms with Gasteiger partial charge in [-0.25, -0.2) is 4.79 Å². The van der Waals surface area contributed by atoms with E-state index in [1.54, 1.807) is 37.8 Å². The van der Waals surface area contributed by atoms with Gasteiger partial charge < -0.3 is 25.4 Å². The summed E-state index contributed by atoms with van der Waals surface area (Å²) < 4.78 is 5.42. The number of carbonyl (C=O) groups is 3. The van der Waals surface area contributed by atoms with Crippen LogP contribution in [-0.4, -0.2) is 45.6 Å². The second-order valence-electron chi connectivity index (χ2n) is 11.0. The van der Waals surface area contributed by atoms with Crippen LogP contribution in [0.15, 0.2) is 48.5 Å². The quantitative estimate of drug-likeness (QED) is 0.447. The van der Waals surface area contributed by atoms with Gasteiger partial charge in [-0.2, -0.15) is 0 Å². The fourth-order valence-electron chi connectivity index (χ4n) is 4.34. The molecule has 3 amide bonds. The minimum absolute atomic E-state index is 0.000473. The summed E-state index contributed by atoms with van der Waals surface area (Å²) in [5.74, 6) is -1.01. The fourth-order valence-corrected chi connectivity index (χ4v) is 4.34. The van der Waals surface area contributed by atoms with Gasteiger partial charge in [0.25, 0.3) is 5.91 Å². The predicted molar refractivity (Wildman–Crippen MR) is 143 cm³/mol. The Hall–Kier alpha value is -3.55. The molecule has 37 heavy (non-hydrogen) atoms. The topological polar surface area (TPSA) is 108 Å². The zero-order valence-electron chi connectivity index (χ0n) is 22.6. The van der Waals surface area contributed by atoms with Crippen molar-refractivity contribution in [1.29, 1.82) is 0 Å². The standard InChI is InChI=1S/C29H39N3O5/c1-18(2)24(31-28(36)37-29(4,5)6)27(35)32(21-13-10-14-21)25(20-12-9-15-22(33)17-20)26(34)30-23-16-8-7-11-19(23)3/h7-9,11-12,15-18,21,24-25,33H,10,13-14H2,1-6H3,(H,30,34)(H,31,36). The zero-order chi connectivity index (χ0) is 27.3. The Labute approximate surface area is 219 Å². The van der Waals surface area contributed by atoms with Crippen LogP contribution in [0.3, 0.4) is 0 Å². The molecule has 0 radical (unpaired) electrons. The summed E-state index contributed by atoms with van der Waals surface area (Å²) in [6.07, 6.45) is 1.74. The van der Waals surface area contributed by atoms with Crippen LogP contribution < -0.4 is 10.6 Å². The average molecular weight is 510 g/mol. The molecular formula is C29H39N3O5. The number of aromatic hydroxyl groups is 1. The number of nitrogens with one attached hydrogen (secondary N) is 2. The highest BCUT2D eigenvalue weighted by Gasteiger charge is 2.43. The maximum atomic E-state index is 14.2. The summed E-state index contributed by atoms with van der Waals surface area (Å²) in [6, 6.07) is 11.8. The first kappa shape index (κ1) is 28.0. The number of alkyl carbamates (subject to hydrolysis) is 1. The van der Waals surface area contributed by atoms with E-state index in [0.29, 0.717) is 11.3 Å². The molecule has 200 valence electrons. The van der Waals surface area contributed by atoms with Crippen molar-refractivity contribution < 1.29 is 24.2 Å². The van der Waals surface area contributed by atoms with Crippen LogP contribution in [-0.2, 0) is 14.3 Å². The van der Waals surface area contributed by atoms with Gasteiger partial charge in [0.1, 0.15) is 23.4 Å². The van der Waals surface area contributed by atoms with Gasteiger partial charge in [-0.1, -0.05) is 44.2 Å². The summed E-state index contributed by atoms with van der Waals surface area (Å²) in [6.45, 7) is 10.9. The van der Waals surface area contributed by atoms with E-state index in [4.69, 9.17) is 4.74 Å². The lowest BCUT2D eigenvalue weighted by atomic mass is 9.87.